The molecule has 23 heavy (non-hydrogen) atoms. The molecule has 2 rings (SSSR count). The van der Waals surface area contributed by atoms with Crippen molar-refractivity contribution < 1.29 is 13.2 Å². The van der Waals surface area contributed by atoms with E-state index in [1.165, 1.54) is 4.90 Å². The molecule has 0 aliphatic carbocycles. The summed E-state index contributed by atoms with van der Waals surface area (Å²) < 4.78 is 23.1. The van der Waals surface area contributed by atoms with Crippen molar-refractivity contribution in [2.24, 2.45) is 5.92 Å². The minimum atomic E-state index is -3.01. The zero-order valence-corrected chi connectivity index (χ0v) is 14.8. The summed E-state index contributed by atoms with van der Waals surface area (Å²) in [5.41, 5.74) is 1.20. The Balaban J connectivity index is 2.01. The number of rotatable bonds is 6. The van der Waals surface area contributed by atoms with Crippen LogP contribution in [0.5, 0.6) is 0 Å². The molecule has 0 bridgehead atoms. The summed E-state index contributed by atoms with van der Waals surface area (Å²) >= 11 is 0. The standard InChI is InChI=1S/C16H25N3O3S/c1-12(2)4-7-17-13-5-8-18-15(10-13)16(20)19(3)14-6-9-23(21,22)11-14/h5,8,10,12,14H,4,6-7,9,11H2,1-3H3,(H,17,18). The highest BCUT2D eigenvalue weighted by molar-refractivity contribution is 7.91. The summed E-state index contributed by atoms with van der Waals surface area (Å²) in [5, 5.41) is 3.29. The first-order chi connectivity index (χ1) is 10.8. The fraction of sp³-hybridized carbons (Fsp3) is 0.625. The predicted molar refractivity (Wildman–Crippen MR) is 91.3 cm³/mol. The van der Waals surface area contributed by atoms with Crippen LogP contribution in [-0.4, -0.2) is 55.3 Å². The van der Waals surface area contributed by atoms with E-state index >= 15 is 0 Å². The van der Waals surface area contributed by atoms with Crippen molar-refractivity contribution in [2.45, 2.75) is 32.7 Å². The average molecular weight is 339 g/mol. The van der Waals surface area contributed by atoms with E-state index in [2.05, 4.69) is 24.1 Å². The van der Waals surface area contributed by atoms with E-state index in [4.69, 9.17) is 0 Å². The van der Waals surface area contributed by atoms with E-state index in [1.54, 1.807) is 19.3 Å². The molecule has 0 spiro atoms. The first-order valence-electron chi connectivity index (χ1n) is 7.96. The van der Waals surface area contributed by atoms with Crippen LogP contribution in [-0.2, 0) is 9.84 Å². The van der Waals surface area contributed by atoms with Crippen LogP contribution in [0, 0.1) is 5.92 Å². The van der Waals surface area contributed by atoms with Gasteiger partial charge in [-0.2, -0.15) is 0 Å². The topological polar surface area (TPSA) is 79.4 Å². The minimum Gasteiger partial charge on any atom is -0.385 e. The fourth-order valence-electron chi connectivity index (χ4n) is 2.59. The van der Waals surface area contributed by atoms with Crippen LogP contribution in [0.15, 0.2) is 18.3 Å². The smallest absolute Gasteiger partial charge is 0.272 e. The number of nitrogens with zero attached hydrogens (tertiary/aromatic N) is 2. The van der Waals surface area contributed by atoms with Crippen molar-refractivity contribution in [3.63, 3.8) is 0 Å². The van der Waals surface area contributed by atoms with E-state index in [0.29, 0.717) is 18.0 Å². The largest absolute Gasteiger partial charge is 0.385 e. The number of nitrogens with one attached hydrogen (secondary N) is 1. The Hall–Kier alpha value is -1.63. The third-order valence-corrected chi connectivity index (χ3v) is 5.86. The predicted octanol–water partition coefficient (Wildman–Crippen LogP) is 1.80. The molecular formula is C16H25N3O3S. The summed E-state index contributed by atoms with van der Waals surface area (Å²) in [7, 11) is -1.36. The molecule has 6 nitrogen and oxygen atoms in total. The molecule has 1 amide bonds. The Bertz CT molecular complexity index is 658. The summed E-state index contributed by atoms with van der Waals surface area (Å²) in [5.74, 6) is 0.571. The molecule has 0 radical (unpaired) electrons. The SMILES string of the molecule is CC(C)CCNc1ccnc(C(=O)N(C)C2CCS(=O)(=O)C2)c1. The summed E-state index contributed by atoms with van der Waals surface area (Å²) in [6, 6.07) is 3.30. The summed E-state index contributed by atoms with van der Waals surface area (Å²) in [4.78, 5) is 18.2. The van der Waals surface area contributed by atoms with E-state index in [-0.39, 0.29) is 23.5 Å². The molecule has 1 saturated heterocycles. The first kappa shape index (κ1) is 17.7. The van der Waals surface area contributed by atoms with Gasteiger partial charge in [-0.3, -0.25) is 9.78 Å². The number of pyridine rings is 1. The summed E-state index contributed by atoms with van der Waals surface area (Å²) in [6.45, 7) is 5.16. The van der Waals surface area contributed by atoms with Crippen LogP contribution in [0.2, 0.25) is 0 Å². The third-order valence-electron chi connectivity index (χ3n) is 4.11. The molecule has 7 heteroatoms. The van der Waals surface area contributed by atoms with Crippen molar-refractivity contribution >= 4 is 21.4 Å². The van der Waals surface area contributed by atoms with Gasteiger partial charge >= 0.3 is 0 Å². The van der Waals surface area contributed by atoms with Crippen LogP contribution < -0.4 is 5.32 Å². The van der Waals surface area contributed by atoms with Crippen LogP contribution in [0.4, 0.5) is 5.69 Å². The number of carbonyl (C=O) groups excluding carboxylic acids is 1. The fourth-order valence-corrected chi connectivity index (χ4v) is 4.36. The lowest BCUT2D eigenvalue weighted by Crippen LogP contribution is -2.38. The second-order valence-electron chi connectivity index (χ2n) is 6.51. The third kappa shape index (κ3) is 4.92. The minimum absolute atomic E-state index is 0.0432. The molecule has 1 aliphatic heterocycles. The quantitative estimate of drug-likeness (QED) is 0.855. The van der Waals surface area contributed by atoms with Gasteiger partial charge in [-0.15, -0.1) is 0 Å². The zero-order valence-electron chi connectivity index (χ0n) is 13.9. The number of sulfone groups is 1. The van der Waals surface area contributed by atoms with E-state index in [1.807, 2.05) is 6.07 Å². The Morgan fingerprint density at radius 2 is 2.22 bits per heavy atom. The maximum atomic E-state index is 12.5. The van der Waals surface area contributed by atoms with Gasteiger partial charge in [0.1, 0.15) is 5.69 Å². The van der Waals surface area contributed by atoms with Gasteiger partial charge in [0.15, 0.2) is 9.84 Å². The molecule has 1 aliphatic rings. The number of carbonyl (C=O) groups is 1. The van der Waals surface area contributed by atoms with Crippen LogP contribution in [0.1, 0.15) is 37.2 Å². The highest BCUT2D eigenvalue weighted by Crippen LogP contribution is 2.19. The monoisotopic (exact) mass is 339 g/mol. The van der Waals surface area contributed by atoms with Crippen LogP contribution in [0.25, 0.3) is 0 Å². The van der Waals surface area contributed by atoms with Gasteiger partial charge < -0.3 is 10.2 Å². The molecule has 1 fully saturated rings. The molecule has 1 unspecified atom stereocenters. The van der Waals surface area contributed by atoms with Crippen molar-refractivity contribution in [1.82, 2.24) is 9.88 Å². The van der Waals surface area contributed by atoms with Gasteiger partial charge in [0.25, 0.3) is 5.91 Å². The van der Waals surface area contributed by atoms with Gasteiger partial charge in [-0.05, 0) is 30.9 Å². The lowest BCUT2D eigenvalue weighted by atomic mass is 10.1. The van der Waals surface area contributed by atoms with Crippen LogP contribution in [0.3, 0.4) is 0 Å². The van der Waals surface area contributed by atoms with Gasteiger partial charge in [0, 0.05) is 31.5 Å². The highest BCUT2D eigenvalue weighted by Gasteiger charge is 2.33. The number of aromatic nitrogens is 1. The highest BCUT2D eigenvalue weighted by atomic mass is 32.2. The Labute approximate surface area is 138 Å². The average Bonchev–Trinajstić information content (AvgIpc) is 2.86. The van der Waals surface area contributed by atoms with Crippen molar-refractivity contribution in [3.8, 4) is 0 Å². The number of anilines is 1. The molecule has 1 N–H and O–H groups in total. The van der Waals surface area contributed by atoms with Crippen molar-refractivity contribution in [1.29, 1.82) is 0 Å². The number of hydrogen-bond donors (Lipinski definition) is 1. The Morgan fingerprint density at radius 1 is 1.48 bits per heavy atom. The van der Waals surface area contributed by atoms with Gasteiger partial charge in [-0.1, -0.05) is 13.8 Å². The van der Waals surface area contributed by atoms with Gasteiger partial charge in [-0.25, -0.2) is 8.42 Å². The second-order valence-corrected chi connectivity index (χ2v) is 8.74. The maximum Gasteiger partial charge on any atom is 0.272 e. The first-order valence-corrected chi connectivity index (χ1v) is 9.78. The lowest BCUT2D eigenvalue weighted by Gasteiger charge is -2.23. The van der Waals surface area contributed by atoms with E-state index in [9.17, 15) is 13.2 Å². The number of hydrogen-bond acceptors (Lipinski definition) is 5. The molecule has 0 aromatic carbocycles. The number of amides is 1. The van der Waals surface area contributed by atoms with E-state index < -0.39 is 9.84 Å². The summed E-state index contributed by atoms with van der Waals surface area (Å²) in [6.07, 6.45) is 3.15. The molecule has 128 valence electrons. The van der Waals surface area contributed by atoms with Crippen LogP contribution >= 0.6 is 0 Å². The van der Waals surface area contributed by atoms with Crippen molar-refractivity contribution in [3.05, 3.63) is 24.0 Å². The normalized spacial score (nSPS) is 19.7. The Morgan fingerprint density at radius 3 is 2.83 bits per heavy atom. The molecular weight excluding hydrogens is 314 g/mol. The van der Waals surface area contributed by atoms with Gasteiger partial charge in [0.05, 0.1) is 11.5 Å². The van der Waals surface area contributed by atoms with Gasteiger partial charge in [0.2, 0.25) is 0 Å². The lowest BCUT2D eigenvalue weighted by molar-refractivity contribution is 0.0742. The zero-order chi connectivity index (χ0) is 17.0. The van der Waals surface area contributed by atoms with Crippen molar-refractivity contribution in [2.75, 3.05) is 30.4 Å². The molecule has 1 aromatic rings. The second kappa shape index (κ2) is 7.29. The van der Waals surface area contributed by atoms with E-state index in [0.717, 1.165) is 18.7 Å². The molecule has 1 atom stereocenters. The maximum absolute atomic E-state index is 12.5. The molecule has 2 heterocycles. The molecule has 0 saturated carbocycles. The molecule has 1 aromatic heterocycles. The Kier molecular flexibility index (Phi) is 5.62.